The number of amides is 1. The standard InChI is InChI=1S/C23H26ClN7O3.C2H4O2/c1-12(2)29-22-23(34)31(19(20(24)30-22)15-7-16(25)9-17(32)8-15)11-18(33)28-10-13-3-5-14(6-4-13)21(26)27;1-2(3)4/h3-9,12,32H,10-11,25H2,1-2H3,(H3,26,27)(H,28,33)(H,29,30);1H3,(H,3,4). The lowest BCUT2D eigenvalue weighted by atomic mass is 10.1. The molecule has 0 fully saturated rings. The molecule has 0 spiro atoms. The fourth-order valence-corrected chi connectivity index (χ4v) is 3.60. The maximum Gasteiger partial charge on any atom is 0.300 e. The number of amidine groups is 1. The van der Waals surface area contributed by atoms with Gasteiger partial charge in [0.15, 0.2) is 11.0 Å². The van der Waals surface area contributed by atoms with Gasteiger partial charge in [-0.05, 0) is 31.5 Å². The summed E-state index contributed by atoms with van der Waals surface area (Å²) in [7, 11) is 0. The zero-order chi connectivity index (χ0) is 28.6. The van der Waals surface area contributed by atoms with Gasteiger partial charge in [0.2, 0.25) is 5.91 Å². The molecule has 0 unspecified atom stereocenters. The SMILES string of the molecule is CC(=O)O.CC(C)Nc1nc(Cl)c(-c2cc(N)cc(O)c2)n(CC(=O)NCc2ccc(C(=N)N)cc2)c1=O. The normalized spacial score (nSPS) is 10.3. The van der Waals surface area contributed by atoms with Gasteiger partial charge >= 0.3 is 0 Å². The van der Waals surface area contributed by atoms with Crippen LogP contribution in [0.4, 0.5) is 11.5 Å². The molecule has 0 aliphatic heterocycles. The number of aromatic hydroxyl groups is 1. The average Bonchev–Trinajstić information content (AvgIpc) is 2.79. The summed E-state index contributed by atoms with van der Waals surface area (Å²) in [5, 5.41) is 30.5. The van der Waals surface area contributed by atoms with Crippen LogP contribution < -0.4 is 27.7 Å². The van der Waals surface area contributed by atoms with Gasteiger partial charge in [-0.15, -0.1) is 0 Å². The zero-order valence-corrected chi connectivity index (χ0v) is 21.8. The fraction of sp³-hybridized carbons (Fsp3) is 0.240. The number of hydrogen-bond acceptors (Lipinski definition) is 8. The number of phenolic OH excluding ortho intramolecular Hbond substituents is 1. The van der Waals surface area contributed by atoms with Crippen LogP contribution in [0.25, 0.3) is 11.3 Å². The first-order chi connectivity index (χ1) is 17.8. The number of hydrogen-bond donors (Lipinski definition) is 7. The highest BCUT2D eigenvalue weighted by Gasteiger charge is 2.20. The van der Waals surface area contributed by atoms with E-state index in [-0.39, 0.29) is 53.1 Å². The van der Waals surface area contributed by atoms with Crippen LogP contribution in [0.15, 0.2) is 47.3 Å². The molecular formula is C25H30ClN7O5. The molecule has 1 aromatic heterocycles. The highest BCUT2D eigenvalue weighted by molar-refractivity contribution is 6.32. The number of phenols is 1. The molecule has 0 saturated carbocycles. The third-order valence-electron chi connectivity index (χ3n) is 4.82. The Morgan fingerprint density at radius 3 is 2.32 bits per heavy atom. The first kappa shape index (κ1) is 29.6. The number of anilines is 2. The van der Waals surface area contributed by atoms with E-state index in [2.05, 4.69) is 15.6 Å². The second-order valence-electron chi connectivity index (χ2n) is 8.51. The lowest BCUT2D eigenvalue weighted by molar-refractivity contribution is -0.134. The van der Waals surface area contributed by atoms with Crippen LogP contribution in [-0.4, -0.2) is 43.5 Å². The summed E-state index contributed by atoms with van der Waals surface area (Å²) < 4.78 is 1.20. The van der Waals surface area contributed by atoms with Gasteiger partial charge in [0, 0.05) is 42.4 Å². The van der Waals surface area contributed by atoms with E-state index in [1.54, 1.807) is 24.3 Å². The van der Waals surface area contributed by atoms with Crippen molar-refractivity contribution in [2.45, 2.75) is 39.9 Å². The zero-order valence-electron chi connectivity index (χ0n) is 21.1. The summed E-state index contributed by atoms with van der Waals surface area (Å²) in [6.07, 6.45) is 0. The predicted octanol–water partition coefficient (Wildman–Crippen LogP) is 2.36. The number of rotatable bonds is 8. The van der Waals surface area contributed by atoms with E-state index in [9.17, 15) is 14.7 Å². The van der Waals surface area contributed by atoms with E-state index in [4.69, 9.17) is 38.4 Å². The van der Waals surface area contributed by atoms with Gasteiger partial charge in [-0.2, -0.15) is 0 Å². The minimum absolute atomic E-state index is 0.00416. The number of nitrogens with two attached hydrogens (primary N) is 2. The van der Waals surface area contributed by atoms with E-state index < -0.39 is 17.4 Å². The second-order valence-corrected chi connectivity index (χ2v) is 8.87. The number of nitrogens with zero attached hydrogens (tertiary/aromatic N) is 2. The number of aromatic nitrogens is 2. The van der Waals surface area contributed by atoms with Crippen LogP contribution in [0, 0.1) is 5.41 Å². The minimum Gasteiger partial charge on any atom is -0.508 e. The van der Waals surface area contributed by atoms with Gasteiger partial charge in [-0.1, -0.05) is 35.9 Å². The highest BCUT2D eigenvalue weighted by atomic mass is 35.5. The molecule has 1 heterocycles. The lowest BCUT2D eigenvalue weighted by Crippen LogP contribution is -2.35. The molecule has 0 atom stereocenters. The Morgan fingerprint density at radius 2 is 1.79 bits per heavy atom. The summed E-state index contributed by atoms with van der Waals surface area (Å²) in [6.45, 7) is 4.63. The van der Waals surface area contributed by atoms with Crippen LogP contribution in [0.3, 0.4) is 0 Å². The van der Waals surface area contributed by atoms with Crippen molar-refractivity contribution in [3.63, 3.8) is 0 Å². The molecule has 0 radical (unpaired) electrons. The number of benzene rings is 2. The molecule has 3 rings (SSSR count). The monoisotopic (exact) mass is 543 g/mol. The Morgan fingerprint density at radius 1 is 1.18 bits per heavy atom. The molecule has 0 aliphatic rings. The Labute approximate surface area is 223 Å². The minimum atomic E-state index is -0.833. The van der Waals surface area contributed by atoms with Gasteiger partial charge in [-0.25, -0.2) is 4.98 Å². The quantitative estimate of drug-likeness (QED) is 0.126. The number of carbonyl (C=O) groups excluding carboxylic acids is 1. The number of carboxylic acids is 1. The maximum atomic E-state index is 13.2. The lowest BCUT2D eigenvalue weighted by Gasteiger charge is -2.18. The highest BCUT2D eigenvalue weighted by Crippen LogP contribution is 2.31. The van der Waals surface area contributed by atoms with Gasteiger partial charge in [0.1, 0.15) is 18.1 Å². The fourth-order valence-electron chi connectivity index (χ4n) is 3.31. The summed E-state index contributed by atoms with van der Waals surface area (Å²) in [5.41, 5.74) is 12.9. The Bertz CT molecular complexity index is 1360. The molecule has 13 heteroatoms. The summed E-state index contributed by atoms with van der Waals surface area (Å²) in [5.74, 6) is -1.43. The largest absolute Gasteiger partial charge is 0.508 e. The van der Waals surface area contributed by atoms with Crippen molar-refractivity contribution < 1.29 is 19.8 Å². The second kappa shape index (κ2) is 13.1. The first-order valence-corrected chi connectivity index (χ1v) is 11.7. The number of halogens is 1. The van der Waals surface area contributed by atoms with Gasteiger partial charge < -0.3 is 32.3 Å². The van der Waals surface area contributed by atoms with Gasteiger partial charge in [0.25, 0.3) is 11.5 Å². The molecule has 0 aliphatic carbocycles. The van der Waals surface area contributed by atoms with Crippen molar-refractivity contribution in [2.75, 3.05) is 11.1 Å². The van der Waals surface area contributed by atoms with E-state index in [1.165, 1.54) is 22.8 Å². The van der Waals surface area contributed by atoms with Crippen LogP contribution in [0.2, 0.25) is 5.15 Å². The first-order valence-electron chi connectivity index (χ1n) is 11.3. The predicted molar refractivity (Wildman–Crippen MR) is 146 cm³/mol. The van der Waals surface area contributed by atoms with E-state index in [0.29, 0.717) is 11.1 Å². The van der Waals surface area contributed by atoms with Crippen molar-refractivity contribution in [1.82, 2.24) is 14.9 Å². The van der Waals surface area contributed by atoms with Gasteiger partial charge in [-0.3, -0.25) is 24.4 Å². The summed E-state index contributed by atoms with van der Waals surface area (Å²) >= 11 is 6.43. The summed E-state index contributed by atoms with van der Waals surface area (Å²) in [4.78, 5) is 39.2. The van der Waals surface area contributed by atoms with Crippen molar-refractivity contribution in [3.05, 3.63) is 69.1 Å². The van der Waals surface area contributed by atoms with E-state index in [0.717, 1.165) is 12.5 Å². The molecule has 0 saturated heterocycles. The van der Waals surface area contributed by atoms with Crippen molar-refractivity contribution in [1.29, 1.82) is 5.41 Å². The van der Waals surface area contributed by atoms with Crippen LogP contribution in [0.1, 0.15) is 31.9 Å². The van der Waals surface area contributed by atoms with E-state index in [1.807, 2.05) is 13.8 Å². The molecule has 9 N–H and O–H groups in total. The molecule has 1 amide bonds. The van der Waals surface area contributed by atoms with Gasteiger partial charge in [0.05, 0.1) is 5.69 Å². The van der Waals surface area contributed by atoms with Crippen molar-refractivity contribution >= 4 is 40.8 Å². The Hall–Kier alpha value is -4.58. The van der Waals surface area contributed by atoms with Crippen LogP contribution >= 0.6 is 11.6 Å². The Balaban J connectivity index is 0.00000118. The van der Waals surface area contributed by atoms with E-state index >= 15 is 0 Å². The molecule has 2 aromatic carbocycles. The molecule has 38 heavy (non-hydrogen) atoms. The smallest absolute Gasteiger partial charge is 0.300 e. The molecule has 0 bridgehead atoms. The molecule has 12 nitrogen and oxygen atoms in total. The number of aliphatic carboxylic acids is 1. The Kier molecular flexibility index (Phi) is 10.2. The number of nitrogen functional groups attached to an aromatic ring is 2. The van der Waals surface area contributed by atoms with Crippen molar-refractivity contribution in [3.8, 4) is 17.0 Å². The van der Waals surface area contributed by atoms with Crippen LogP contribution in [0.5, 0.6) is 5.75 Å². The molecule has 202 valence electrons. The summed E-state index contributed by atoms with van der Waals surface area (Å²) in [6, 6.07) is 11.0. The average molecular weight is 544 g/mol. The topological polar surface area (TPSA) is 209 Å². The van der Waals surface area contributed by atoms with Crippen molar-refractivity contribution in [2.24, 2.45) is 5.73 Å². The maximum absolute atomic E-state index is 13.2. The number of carbonyl (C=O) groups is 2. The molecule has 3 aromatic rings. The number of nitrogens with one attached hydrogen (secondary N) is 3. The third-order valence-corrected chi connectivity index (χ3v) is 5.08. The van der Waals surface area contributed by atoms with Crippen LogP contribution in [-0.2, 0) is 22.7 Å². The number of carboxylic acid groups (broad SMARTS) is 1. The third kappa shape index (κ3) is 8.52. The molecular weight excluding hydrogens is 514 g/mol.